The third kappa shape index (κ3) is 1.56. The molecular weight excluding hydrogens is 181 g/mol. The largest absolute Gasteiger partial charge is 0.486 e. The molecule has 0 amide bonds. The van der Waals surface area contributed by atoms with Gasteiger partial charge in [-0.25, -0.2) is 4.39 Å². The standard InChI is InChI=1S/C11H10FNO/c12-10-6-1-3-8(7-13)11(10)14-9-4-2-5-9/h1,3,6,9H,2,4-5H2. The van der Waals surface area contributed by atoms with E-state index in [-0.39, 0.29) is 17.4 Å². The number of nitriles is 1. The summed E-state index contributed by atoms with van der Waals surface area (Å²) in [6.45, 7) is 0. The average Bonchev–Trinajstić information content (AvgIpc) is 2.12. The van der Waals surface area contributed by atoms with Gasteiger partial charge in [0.15, 0.2) is 11.6 Å². The summed E-state index contributed by atoms with van der Waals surface area (Å²) in [5.74, 6) is -0.337. The molecule has 1 aliphatic rings. The Hall–Kier alpha value is -1.56. The summed E-state index contributed by atoms with van der Waals surface area (Å²) in [4.78, 5) is 0. The van der Waals surface area contributed by atoms with E-state index >= 15 is 0 Å². The zero-order valence-corrected chi connectivity index (χ0v) is 7.66. The second-order valence-corrected chi connectivity index (χ2v) is 3.40. The van der Waals surface area contributed by atoms with Crippen LogP contribution in [0.3, 0.4) is 0 Å². The van der Waals surface area contributed by atoms with Gasteiger partial charge in [0.2, 0.25) is 0 Å². The van der Waals surface area contributed by atoms with E-state index in [1.54, 1.807) is 6.07 Å². The molecular formula is C11H10FNO. The van der Waals surface area contributed by atoms with Crippen molar-refractivity contribution in [2.75, 3.05) is 0 Å². The number of halogens is 1. The number of rotatable bonds is 2. The molecule has 0 saturated heterocycles. The number of hydrogen-bond acceptors (Lipinski definition) is 2. The van der Waals surface area contributed by atoms with Crippen LogP contribution in [0.25, 0.3) is 0 Å². The monoisotopic (exact) mass is 191 g/mol. The Balaban J connectivity index is 2.25. The van der Waals surface area contributed by atoms with Crippen LogP contribution in [0.15, 0.2) is 18.2 Å². The maximum atomic E-state index is 13.3. The van der Waals surface area contributed by atoms with Crippen molar-refractivity contribution in [2.45, 2.75) is 25.4 Å². The summed E-state index contributed by atoms with van der Waals surface area (Å²) in [6, 6.07) is 6.32. The Morgan fingerprint density at radius 1 is 1.43 bits per heavy atom. The van der Waals surface area contributed by atoms with Crippen molar-refractivity contribution < 1.29 is 9.13 Å². The molecule has 2 rings (SSSR count). The van der Waals surface area contributed by atoms with Gasteiger partial charge in [-0.3, -0.25) is 0 Å². The Kier molecular flexibility index (Phi) is 2.36. The Labute approximate surface area is 81.9 Å². The normalized spacial score (nSPS) is 15.7. The smallest absolute Gasteiger partial charge is 0.173 e. The van der Waals surface area contributed by atoms with E-state index in [9.17, 15) is 4.39 Å². The molecule has 0 N–H and O–H groups in total. The molecule has 0 spiro atoms. The van der Waals surface area contributed by atoms with Crippen molar-refractivity contribution in [2.24, 2.45) is 0 Å². The minimum Gasteiger partial charge on any atom is -0.486 e. The van der Waals surface area contributed by atoms with Crippen molar-refractivity contribution >= 4 is 0 Å². The minimum absolute atomic E-state index is 0.0963. The van der Waals surface area contributed by atoms with Gasteiger partial charge in [0.25, 0.3) is 0 Å². The second-order valence-electron chi connectivity index (χ2n) is 3.40. The third-order valence-electron chi connectivity index (χ3n) is 2.42. The molecule has 14 heavy (non-hydrogen) atoms. The number of hydrogen-bond donors (Lipinski definition) is 0. The Morgan fingerprint density at radius 3 is 2.79 bits per heavy atom. The molecule has 1 aromatic rings. The first-order valence-corrected chi connectivity index (χ1v) is 4.66. The maximum absolute atomic E-state index is 13.3. The first-order chi connectivity index (χ1) is 6.81. The molecule has 3 heteroatoms. The van der Waals surface area contributed by atoms with Gasteiger partial charge >= 0.3 is 0 Å². The van der Waals surface area contributed by atoms with Crippen LogP contribution in [0.4, 0.5) is 4.39 Å². The predicted molar refractivity (Wildman–Crippen MR) is 49.4 cm³/mol. The van der Waals surface area contributed by atoms with Gasteiger partial charge in [-0.15, -0.1) is 0 Å². The van der Waals surface area contributed by atoms with Crippen LogP contribution in [0.2, 0.25) is 0 Å². The summed E-state index contributed by atoms with van der Waals surface area (Å²) in [5.41, 5.74) is 0.275. The lowest BCUT2D eigenvalue weighted by molar-refractivity contribution is 0.114. The van der Waals surface area contributed by atoms with Crippen LogP contribution in [-0.2, 0) is 0 Å². The zero-order chi connectivity index (χ0) is 9.97. The van der Waals surface area contributed by atoms with Crippen LogP contribution in [0.1, 0.15) is 24.8 Å². The highest BCUT2D eigenvalue weighted by Crippen LogP contribution is 2.29. The molecule has 1 saturated carbocycles. The molecule has 1 aliphatic carbocycles. The molecule has 0 heterocycles. The fourth-order valence-corrected chi connectivity index (χ4v) is 1.37. The molecule has 0 aromatic heterocycles. The highest BCUT2D eigenvalue weighted by molar-refractivity contribution is 5.43. The van der Waals surface area contributed by atoms with Crippen molar-refractivity contribution in [1.29, 1.82) is 5.26 Å². The highest BCUT2D eigenvalue weighted by Gasteiger charge is 2.22. The summed E-state index contributed by atoms with van der Waals surface area (Å²) in [7, 11) is 0. The first kappa shape index (κ1) is 9.01. The minimum atomic E-state index is -0.448. The van der Waals surface area contributed by atoms with Gasteiger partial charge in [0.05, 0.1) is 11.7 Å². The van der Waals surface area contributed by atoms with Crippen LogP contribution in [0.5, 0.6) is 5.75 Å². The SMILES string of the molecule is N#Cc1cccc(F)c1OC1CCC1. The van der Waals surface area contributed by atoms with Crippen LogP contribution in [-0.4, -0.2) is 6.10 Å². The molecule has 0 bridgehead atoms. The molecule has 1 aromatic carbocycles. The molecule has 0 aliphatic heterocycles. The molecule has 2 nitrogen and oxygen atoms in total. The number of nitrogens with zero attached hydrogens (tertiary/aromatic N) is 1. The summed E-state index contributed by atoms with van der Waals surface area (Å²) in [6.07, 6.45) is 3.14. The fourth-order valence-electron chi connectivity index (χ4n) is 1.37. The van der Waals surface area contributed by atoms with E-state index in [0.717, 1.165) is 19.3 Å². The van der Waals surface area contributed by atoms with Crippen LogP contribution < -0.4 is 4.74 Å². The topological polar surface area (TPSA) is 33.0 Å². The van der Waals surface area contributed by atoms with Gasteiger partial charge in [0.1, 0.15) is 6.07 Å². The summed E-state index contributed by atoms with van der Waals surface area (Å²) in [5, 5.41) is 8.75. The van der Waals surface area contributed by atoms with E-state index in [2.05, 4.69) is 0 Å². The van der Waals surface area contributed by atoms with Crippen molar-refractivity contribution in [3.8, 4) is 11.8 Å². The highest BCUT2D eigenvalue weighted by atomic mass is 19.1. The van der Waals surface area contributed by atoms with Crippen LogP contribution in [0, 0.1) is 17.1 Å². The number of para-hydroxylation sites is 1. The van der Waals surface area contributed by atoms with Crippen molar-refractivity contribution in [3.63, 3.8) is 0 Å². The average molecular weight is 191 g/mol. The zero-order valence-electron chi connectivity index (χ0n) is 7.66. The van der Waals surface area contributed by atoms with Gasteiger partial charge in [-0.05, 0) is 31.4 Å². The Bertz CT molecular complexity index is 379. The molecule has 0 radical (unpaired) electrons. The van der Waals surface area contributed by atoms with Crippen LogP contribution >= 0.6 is 0 Å². The van der Waals surface area contributed by atoms with E-state index in [4.69, 9.17) is 10.00 Å². The molecule has 72 valence electrons. The van der Waals surface area contributed by atoms with Gasteiger partial charge in [-0.2, -0.15) is 5.26 Å². The van der Waals surface area contributed by atoms with Gasteiger partial charge in [-0.1, -0.05) is 6.07 Å². The van der Waals surface area contributed by atoms with Crippen molar-refractivity contribution in [3.05, 3.63) is 29.6 Å². The third-order valence-corrected chi connectivity index (χ3v) is 2.42. The van der Waals surface area contributed by atoms with Gasteiger partial charge in [0, 0.05) is 0 Å². The lowest BCUT2D eigenvalue weighted by atomic mass is 9.96. The Morgan fingerprint density at radius 2 is 2.21 bits per heavy atom. The lowest BCUT2D eigenvalue weighted by Gasteiger charge is -2.26. The lowest BCUT2D eigenvalue weighted by Crippen LogP contribution is -2.25. The van der Waals surface area contributed by atoms with Crippen molar-refractivity contribution in [1.82, 2.24) is 0 Å². The van der Waals surface area contributed by atoms with E-state index in [1.165, 1.54) is 12.1 Å². The maximum Gasteiger partial charge on any atom is 0.173 e. The predicted octanol–water partition coefficient (Wildman–Crippen LogP) is 2.63. The van der Waals surface area contributed by atoms with E-state index in [1.807, 2.05) is 6.07 Å². The number of ether oxygens (including phenoxy) is 1. The fraction of sp³-hybridized carbons (Fsp3) is 0.364. The molecule has 0 unspecified atom stereocenters. The quantitative estimate of drug-likeness (QED) is 0.719. The first-order valence-electron chi connectivity index (χ1n) is 4.66. The summed E-state index contributed by atoms with van der Waals surface area (Å²) >= 11 is 0. The second kappa shape index (κ2) is 3.67. The molecule has 1 fully saturated rings. The molecule has 0 atom stereocenters. The van der Waals surface area contributed by atoms with E-state index < -0.39 is 5.82 Å². The summed E-state index contributed by atoms with van der Waals surface area (Å²) < 4.78 is 18.7. The van der Waals surface area contributed by atoms with E-state index in [0.29, 0.717) is 0 Å². The number of benzene rings is 1. The van der Waals surface area contributed by atoms with Gasteiger partial charge < -0.3 is 4.74 Å².